The summed E-state index contributed by atoms with van der Waals surface area (Å²) in [6.45, 7) is 0. The van der Waals surface area contributed by atoms with Crippen LogP contribution >= 0.6 is 0 Å². The van der Waals surface area contributed by atoms with Crippen molar-refractivity contribution in [1.82, 2.24) is 4.57 Å². The number of anilines is 3. The Kier molecular flexibility index (Phi) is 8.04. The number of benzene rings is 9. The summed E-state index contributed by atoms with van der Waals surface area (Å²) in [5.74, 6) is -0.258. The zero-order chi connectivity index (χ0) is 36.7. The van der Waals surface area contributed by atoms with Crippen LogP contribution in [0, 0.1) is 5.82 Å². The lowest BCUT2D eigenvalue weighted by atomic mass is 9.94. The van der Waals surface area contributed by atoms with Gasteiger partial charge < -0.3 is 9.47 Å². The van der Waals surface area contributed by atoms with Gasteiger partial charge in [-0.25, -0.2) is 4.39 Å². The maximum absolute atomic E-state index is 14.4. The van der Waals surface area contributed by atoms with Crippen molar-refractivity contribution in [3.05, 3.63) is 218 Å². The van der Waals surface area contributed by atoms with Crippen molar-refractivity contribution in [2.45, 2.75) is 0 Å². The van der Waals surface area contributed by atoms with Crippen LogP contribution in [0.3, 0.4) is 0 Å². The van der Waals surface area contributed by atoms with Crippen LogP contribution in [0.4, 0.5) is 21.5 Å². The van der Waals surface area contributed by atoms with Gasteiger partial charge in [-0.2, -0.15) is 0 Å². The number of hydrogen-bond donors (Lipinski definition) is 0. The highest BCUT2D eigenvalue weighted by Crippen LogP contribution is 2.46. The molecule has 0 atom stereocenters. The second-order valence-corrected chi connectivity index (χ2v) is 13.8. The SMILES string of the molecule is Fc1ccc(-n2c(-c3ccccc3)c(-c3ccccc3)c3ccc4c(-c5ccc(N(c6ccccc6)c6cccc7ccccc67)cc5)cccc4c32)cc1. The van der Waals surface area contributed by atoms with Crippen molar-refractivity contribution < 1.29 is 4.39 Å². The molecule has 0 fully saturated rings. The van der Waals surface area contributed by atoms with Crippen LogP contribution in [0.1, 0.15) is 0 Å². The molecule has 0 amide bonds. The van der Waals surface area contributed by atoms with Crippen molar-refractivity contribution in [2.75, 3.05) is 4.90 Å². The van der Waals surface area contributed by atoms with Crippen LogP contribution < -0.4 is 4.90 Å². The van der Waals surface area contributed by atoms with Gasteiger partial charge in [0.05, 0.1) is 16.9 Å². The largest absolute Gasteiger partial charge is 0.310 e. The molecule has 55 heavy (non-hydrogen) atoms. The van der Waals surface area contributed by atoms with E-state index in [1.807, 2.05) is 18.2 Å². The average molecular weight is 707 g/mol. The molecule has 0 spiro atoms. The number of nitrogens with zero attached hydrogens (tertiary/aromatic N) is 2. The van der Waals surface area contributed by atoms with Gasteiger partial charge in [-0.15, -0.1) is 0 Å². The fourth-order valence-corrected chi connectivity index (χ4v) is 8.20. The number of fused-ring (bicyclic) bond motifs is 4. The second-order valence-electron chi connectivity index (χ2n) is 13.8. The Bertz CT molecular complexity index is 2950. The Hall–Kier alpha value is -7.23. The summed E-state index contributed by atoms with van der Waals surface area (Å²) >= 11 is 0. The molecule has 0 saturated heterocycles. The first-order chi connectivity index (χ1) is 27.2. The van der Waals surface area contributed by atoms with Gasteiger partial charge in [-0.1, -0.05) is 158 Å². The van der Waals surface area contributed by atoms with Crippen LogP contribution in [-0.2, 0) is 0 Å². The second kappa shape index (κ2) is 13.6. The summed E-state index contributed by atoms with van der Waals surface area (Å²) in [6, 6.07) is 73.6. The molecular weight excluding hydrogens is 672 g/mol. The van der Waals surface area contributed by atoms with Crippen molar-refractivity contribution in [1.29, 1.82) is 0 Å². The van der Waals surface area contributed by atoms with Crippen LogP contribution in [0.25, 0.3) is 71.6 Å². The maximum atomic E-state index is 14.4. The lowest BCUT2D eigenvalue weighted by Gasteiger charge is -2.27. The van der Waals surface area contributed by atoms with Gasteiger partial charge in [-0.3, -0.25) is 0 Å². The summed E-state index contributed by atoms with van der Waals surface area (Å²) in [5.41, 5.74) is 12.0. The average Bonchev–Trinajstić information content (AvgIpc) is 3.61. The molecule has 0 radical (unpaired) electrons. The Labute approximate surface area is 319 Å². The third kappa shape index (κ3) is 5.65. The molecular formula is C52H35FN2. The van der Waals surface area contributed by atoms with Gasteiger partial charge in [0, 0.05) is 38.8 Å². The Morgan fingerprint density at radius 1 is 0.382 bits per heavy atom. The topological polar surface area (TPSA) is 8.17 Å². The van der Waals surface area contributed by atoms with Crippen LogP contribution in [0.15, 0.2) is 212 Å². The molecule has 10 aromatic rings. The first-order valence-corrected chi connectivity index (χ1v) is 18.6. The van der Waals surface area contributed by atoms with E-state index in [9.17, 15) is 4.39 Å². The summed E-state index contributed by atoms with van der Waals surface area (Å²) in [6.07, 6.45) is 0. The third-order valence-corrected chi connectivity index (χ3v) is 10.6. The molecule has 9 aromatic carbocycles. The maximum Gasteiger partial charge on any atom is 0.123 e. The number of para-hydroxylation sites is 1. The highest BCUT2D eigenvalue weighted by molar-refractivity contribution is 6.18. The molecule has 0 aliphatic carbocycles. The molecule has 2 nitrogen and oxygen atoms in total. The minimum absolute atomic E-state index is 0.258. The first kappa shape index (κ1) is 32.4. The molecule has 3 heteroatoms. The number of rotatable bonds is 7. The van der Waals surface area contributed by atoms with E-state index in [1.54, 1.807) is 12.1 Å². The van der Waals surface area contributed by atoms with Crippen LogP contribution in [-0.4, -0.2) is 4.57 Å². The van der Waals surface area contributed by atoms with E-state index in [0.29, 0.717) is 0 Å². The summed E-state index contributed by atoms with van der Waals surface area (Å²) in [5, 5.41) is 5.82. The molecule has 0 aliphatic heterocycles. The Morgan fingerprint density at radius 2 is 0.964 bits per heavy atom. The summed E-state index contributed by atoms with van der Waals surface area (Å²) in [7, 11) is 0. The van der Waals surface area contributed by atoms with Gasteiger partial charge in [0.25, 0.3) is 0 Å². The van der Waals surface area contributed by atoms with Gasteiger partial charge in [-0.05, 0) is 87.6 Å². The van der Waals surface area contributed by atoms with E-state index in [4.69, 9.17) is 0 Å². The van der Waals surface area contributed by atoms with Gasteiger partial charge >= 0.3 is 0 Å². The van der Waals surface area contributed by atoms with Crippen molar-refractivity contribution >= 4 is 49.5 Å². The lowest BCUT2D eigenvalue weighted by molar-refractivity contribution is 0.627. The molecule has 0 saturated carbocycles. The molecule has 0 bridgehead atoms. The standard InChI is InChI=1S/C52H35FN2/c53-40-28-32-43(33-29-40)55-51(39-17-6-2-7-18-39)50(38-15-4-1-5-16-38)48-35-34-46-44(23-13-24-47(46)52(48)55)37-26-30-42(31-27-37)54(41-20-8-3-9-21-41)49-25-12-19-36-14-10-11-22-45(36)49/h1-35H. The molecule has 0 unspecified atom stereocenters. The van der Waals surface area contributed by atoms with Crippen molar-refractivity contribution in [2.24, 2.45) is 0 Å². The van der Waals surface area contributed by atoms with E-state index >= 15 is 0 Å². The number of aromatic nitrogens is 1. The predicted octanol–water partition coefficient (Wildman–Crippen LogP) is 14.5. The van der Waals surface area contributed by atoms with Crippen molar-refractivity contribution in [3.63, 3.8) is 0 Å². The van der Waals surface area contributed by atoms with Crippen LogP contribution in [0.2, 0.25) is 0 Å². The van der Waals surface area contributed by atoms with Gasteiger partial charge in [0.15, 0.2) is 0 Å². The Morgan fingerprint density at radius 3 is 1.71 bits per heavy atom. The molecule has 0 aliphatic rings. The van der Waals surface area contributed by atoms with E-state index in [0.717, 1.165) is 77.9 Å². The molecule has 1 heterocycles. The third-order valence-electron chi connectivity index (χ3n) is 10.6. The fourth-order valence-electron chi connectivity index (χ4n) is 8.20. The first-order valence-electron chi connectivity index (χ1n) is 18.6. The van der Waals surface area contributed by atoms with Gasteiger partial charge in [0.2, 0.25) is 0 Å². The normalized spacial score (nSPS) is 11.4. The fraction of sp³-hybridized carbons (Fsp3) is 0. The minimum atomic E-state index is -0.258. The Balaban J connectivity index is 1.19. The van der Waals surface area contributed by atoms with E-state index in [-0.39, 0.29) is 5.82 Å². The quantitative estimate of drug-likeness (QED) is 0.160. The minimum Gasteiger partial charge on any atom is -0.310 e. The monoisotopic (exact) mass is 706 g/mol. The molecule has 260 valence electrons. The lowest BCUT2D eigenvalue weighted by Crippen LogP contribution is -2.10. The van der Waals surface area contributed by atoms with Crippen LogP contribution in [0.5, 0.6) is 0 Å². The predicted molar refractivity (Wildman–Crippen MR) is 229 cm³/mol. The zero-order valence-electron chi connectivity index (χ0n) is 30.0. The smallest absolute Gasteiger partial charge is 0.123 e. The van der Waals surface area contributed by atoms with Gasteiger partial charge in [0.1, 0.15) is 5.82 Å². The zero-order valence-corrected chi connectivity index (χ0v) is 30.0. The van der Waals surface area contributed by atoms with E-state index < -0.39 is 0 Å². The van der Waals surface area contributed by atoms with E-state index in [1.165, 1.54) is 10.8 Å². The highest BCUT2D eigenvalue weighted by Gasteiger charge is 2.24. The summed E-state index contributed by atoms with van der Waals surface area (Å²) in [4.78, 5) is 2.34. The molecule has 1 aromatic heterocycles. The number of hydrogen-bond acceptors (Lipinski definition) is 1. The molecule has 0 N–H and O–H groups in total. The molecule has 10 rings (SSSR count). The van der Waals surface area contributed by atoms with Crippen molar-refractivity contribution in [3.8, 4) is 39.2 Å². The number of halogens is 1. The summed E-state index contributed by atoms with van der Waals surface area (Å²) < 4.78 is 16.8. The highest BCUT2D eigenvalue weighted by atomic mass is 19.1. The van der Waals surface area contributed by atoms with E-state index in [2.05, 4.69) is 191 Å².